The zero-order chi connectivity index (χ0) is 17.9. The standard InChI is InChI=1S/C20H23N3O2S/c1-25-17-8-6-15(7-9-17)18-13-23-16(14-26-20(23)21-18)12-19(24)22-10-4-2-3-5-11-22/h6-9,13-14H,2-5,10-12H2,1H3. The van der Waals surface area contributed by atoms with E-state index in [4.69, 9.17) is 9.72 Å². The van der Waals surface area contributed by atoms with E-state index >= 15 is 0 Å². The summed E-state index contributed by atoms with van der Waals surface area (Å²) in [4.78, 5) is 20.4. The number of imidazole rings is 1. The smallest absolute Gasteiger partial charge is 0.228 e. The number of likely N-dealkylation sites (tertiary alicyclic amines) is 1. The highest BCUT2D eigenvalue weighted by Gasteiger charge is 2.18. The average molecular weight is 369 g/mol. The first-order valence-electron chi connectivity index (χ1n) is 9.12. The molecule has 1 aromatic carbocycles. The molecule has 136 valence electrons. The molecule has 3 heterocycles. The lowest BCUT2D eigenvalue weighted by Crippen LogP contribution is -2.33. The maximum Gasteiger partial charge on any atom is 0.228 e. The second-order valence-electron chi connectivity index (χ2n) is 6.71. The number of carbonyl (C=O) groups is 1. The highest BCUT2D eigenvalue weighted by atomic mass is 32.1. The SMILES string of the molecule is COc1ccc(-c2cn3c(CC(=O)N4CCCCCC4)csc3n2)cc1. The molecular weight excluding hydrogens is 346 g/mol. The number of benzene rings is 1. The molecule has 0 N–H and O–H groups in total. The van der Waals surface area contributed by atoms with Crippen molar-refractivity contribution in [3.63, 3.8) is 0 Å². The largest absolute Gasteiger partial charge is 0.497 e. The van der Waals surface area contributed by atoms with E-state index < -0.39 is 0 Å². The van der Waals surface area contributed by atoms with E-state index in [1.165, 1.54) is 12.8 Å². The van der Waals surface area contributed by atoms with Crippen LogP contribution in [0, 0.1) is 0 Å². The first-order valence-corrected chi connectivity index (χ1v) is 10.0. The van der Waals surface area contributed by atoms with Crippen LogP contribution in [0.3, 0.4) is 0 Å². The Kier molecular flexibility index (Phi) is 4.93. The fourth-order valence-corrected chi connectivity index (χ4v) is 4.32. The zero-order valence-corrected chi connectivity index (χ0v) is 15.8. The van der Waals surface area contributed by atoms with E-state index in [9.17, 15) is 4.79 Å². The molecule has 2 aromatic heterocycles. The third-order valence-corrected chi connectivity index (χ3v) is 5.85. The second kappa shape index (κ2) is 7.50. The fraction of sp³-hybridized carbons (Fsp3) is 0.400. The van der Waals surface area contributed by atoms with Gasteiger partial charge in [0.2, 0.25) is 5.91 Å². The van der Waals surface area contributed by atoms with Gasteiger partial charge in [0.05, 0.1) is 19.2 Å². The molecule has 0 saturated carbocycles. The van der Waals surface area contributed by atoms with Crippen molar-refractivity contribution in [1.82, 2.24) is 14.3 Å². The summed E-state index contributed by atoms with van der Waals surface area (Å²) in [7, 11) is 1.66. The number of rotatable bonds is 4. The number of aromatic nitrogens is 2. The number of thiazole rings is 1. The Labute approximate surface area is 157 Å². The van der Waals surface area contributed by atoms with E-state index in [0.29, 0.717) is 6.42 Å². The monoisotopic (exact) mass is 369 g/mol. The maximum atomic E-state index is 12.7. The van der Waals surface area contributed by atoms with Crippen LogP contribution in [0.2, 0.25) is 0 Å². The minimum absolute atomic E-state index is 0.228. The number of methoxy groups -OCH3 is 1. The molecule has 1 amide bonds. The van der Waals surface area contributed by atoms with Gasteiger partial charge in [-0.1, -0.05) is 12.8 Å². The first-order chi connectivity index (χ1) is 12.7. The van der Waals surface area contributed by atoms with Gasteiger partial charge in [0.25, 0.3) is 0 Å². The zero-order valence-electron chi connectivity index (χ0n) is 15.0. The number of hydrogen-bond acceptors (Lipinski definition) is 4. The molecule has 6 heteroatoms. The van der Waals surface area contributed by atoms with E-state index in [-0.39, 0.29) is 5.91 Å². The summed E-state index contributed by atoms with van der Waals surface area (Å²) in [5.41, 5.74) is 2.99. The van der Waals surface area contributed by atoms with Crippen LogP contribution in [0.5, 0.6) is 5.75 Å². The maximum absolute atomic E-state index is 12.7. The lowest BCUT2D eigenvalue weighted by atomic mass is 10.2. The average Bonchev–Trinajstić information content (AvgIpc) is 3.12. The Bertz CT molecular complexity index is 890. The molecule has 4 rings (SSSR count). The van der Waals surface area contributed by atoms with Crippen LogP contribution in [0.1, 0.15) is 31.4 Å². The Hall–Kier alpha value is -2.34. The van der Waals surface area contributed by atoms with Gasteiger partial charge >= 0.3 is 0 Å². The normalized spacial score (nSPS) is 15.2. The van der Waals surface area contributed by atoms with Crippen molar-refractivity contribution in [3.05, 3.63) is 41.5 Å². The van der Waals surface area contributed by atoms with Gasteiger partial charge in [0.15, 0.2) is 4.96 Å². The van der Waals surface area contributed by atoms with E-state index in [0.717, 1.165) is 53.6 Å². The molecule has 0 radical (unpaired) electrons. The van der Waals surface area contributed by atoms with Gasteiger partial charge in [-0.2, -0.15) is 0 Å². The van der Waals surface area contributed by atoms with Crippen LogP contribution in [0.4, 0.5) is 0 Å². The van der Waals surface area contributed by atoms with Crippen LogP contribution in [0.15, 0.2) is 35.8 Å². The van der Waals surface area contributed by atoms with E-state index in [2.05, 4.69) is 9.78 Å². The topological polar surface area (TPSA) is 46.8 Å². The molecule has 1 aliphatic heterocycles. The molecule has 0 atom stereocenters. The molecule has 0 bridgehead atoms. The second-order valence-corrected chi connectivity index (χ2v) is 7.54. The van der Waals surface area contributed by atoms with Crippen LogP contribution in [0.25, 0.3) is 16.2 Å². The molecular formula is C20H23N3O2S. The summed E-state index contributed by atoms with van der Waals surface area (Å²) >= 11 is 1.59. The van der Waals surface area contributed by atoms with E-state index in [1.54, 1.807) is 18.4 Å². The molecule has 26 heavy (non-hydrogen) atoms. The van der Waals surface area contributed by atoms with Crippen LogP contribution < -0.4 is 4.74 Å². The lowest BCUT2D eigenvalue weighted by Gasteiger charge is -2.19. The number of nitrogens with zero attached hydrogens (tertiary/aromatic N) is 3. The molecule has 1 aliphatic rings. The van der Waals surface area contributed by atoms with Crippen LogP contribution in [-0.2, 0) is 11.2 Å². The van der Waals surface area contributed by atoms with Crippen molar-refractivity contribution >= 4 is 22.2 Å². The third-order valence-electron chi connectivity index (χ3n) is 4.96. The highest BCUT2D eigenvalue weighted by molar-refractivity contribution is 7.15. The summed E-state index contributed by atoms with van der Waals surface area (Å²) in [5, 5.41) is 2.05. The number of amides is 1. The quantitative estimate of drug-likeness (QED) is 0.698. The third kappa shape index (κ3) is 3.46. The summed E-state index contributed by atoms with van der Waals surface area (Å²) in [6.07, 6.45) is 7.19. The van der Waals surface area contributed by atoms with Crippen molar-refractivity contribution in [2.24, 2.45) is 0 Å². The van der Waals surface area contributed by atoms with Gasteiger partial charge in [-0.25, -0.2) is 4.98 Å². The first kappa shape index (κ1) is 17.1. The fourth-order valence-electron chi connectivity index (χ4n) is 3.44. The van der Waals surface area contributed by atoms with Crippen molar-refractivity contribution in [2.75, 3.05) is 20.2 Å². The van der Waals surface area contributed by atoms with Gasteiger partial charge < -0.3 is 9.64 Å². The Morgan fingerprint density at radius 3 is 2.58 bits per heavy atom. The number of hydrogen-bond donors (Lipinski definition) is 0. The molecule has 1 saturated heterocycles. The van der Waals surface area contributed by atoms with Gasteiger partial charge in [-0.15, -0.1) is 11.3 Å². The molecule has 5 nitrogen and oxygen atoms in total. The summed E-state index contributed by atoms with van der Waals surface area (Å²) in [6.45, 7) is 1.79. The predicted octanol–water partition coefficient (Wildman–Crippen LogP) is 4.02. The summed E-state index contributed by atoms with van der Waals surface area (Å²) < 4.78 is 7.27. The van der Waals surface area contributed by atoms with Crippen molar-refractivity contribution in [2.45, 2.75) is 32.1 Å². The minimum Gasteiger partial charge on any atom is -0.497 e. The van der Waals surface area contributed by atoms with Gasteiger partial charge in [-0.05, 0) is 37.1 Å². The molecule has 1 fully saturated rings. The summed E-state index contributed by atoms with van der Waals surface area (Å²) in [6, 6.07) is 7.89. The van der Waals surface area contributed by atoms with Crippen molar-refractivity contribution in [3.8, 4) is 17.0 Å². The number of carbonyl (C=O) groups excluding carboxylic acids is 1. The van der Waals surface area contributed by atoms with Gasteiger partial charge in [-0.3, -0.25) is 9.20 Å². The molecule has 0 unspecified atom stereocenters. The van der Waals surface area contributed by atoms with Crippen LogP contribution >= 0.6 is 11.3 Å². The summed E-state index contributed by atoms with van der Waals surface area (Å²) in [5.74, 6) is 1.06. The Balaban J connectivity index is 1.54. The van der Waals surface area contributed by atoms with Gasteiger partial charge in [0, 0.05) is 35.9 Å². The van der Waals surface area contributed by atoms with Crippen LogP contribution in [-0.4, -0.2) is 40.4 Å². The Morgan fingerprint density at radius 1 is 1.15 bits per heavy atom. The van der Waals surface area contributed by atoms with Crippen molar-refractivity contribution < 1.29 is 9.53 Å². The number of fused-ring (bicyclic) bond motifs is 1. The molecule has 3 aromatic rings. The highest BCUT2D eigenvalue weighted by Crippen LogP contribution is 2.26. The van der Waals surface area contributed by atoms with E-state index in [1.807, 2.05) is 35.4 Å². The Morgan fingerprint density at radius 2 is 1.88 bits per heavy atom. The minimum atomic E-state index is 0.228. The van der Waals surface area contributed by atoms with Crippen molar-refractivity contribution in [1.29, 1.82) is 0 Å². The molecule has 0 aliphatic carbocycles. The lowest BCUT2D eigenvalue weighted by molar-refractivity contribution is -0.130. The number of ether oxygens (including phenoxy) is 1. The molecule has 0 spiro atoms. The van der Waals surface area contributed by atoms with Gasteiger partial charge in [0.1, 0.15) is 5.75 Å². The predicted molar refractivity (Wildman–Crippen MR) is 104 cm³/mol.